The van der Waals surface area contributed by atoms with Crippen molar-refractivity contribution in [2.45, 2.75) is 40.0 Å². The first-order valence-electron chi connectivity index (χ1n) is 16.9. The van der Waals surface area contributed by atoms with Gasteiger partial charge in [0.25, 0.3) is 0 Å². The summed E-state index contributed by atoms with van der Waals surface area (Å²) >= 11 is 0. The van der Waals surface area contributed by atoms with E-state index < -0.39 is 0 Å². The monoisotopic (exact) mass is 681 g/mol. The van der Waals surface area contributed by atoms with E-state index in [0.717, 1.165) is 54.5 Å². The summed E-state index contributed by atoms with van der Waals surface area (Å²) in [4.78, 5) is 12.8. The Morgan fingerprint density at radius 3 is 1.31 bits per heavy atom. The van der Waals surface area contributed by atoms with Crippen LogP contribution in [0.3, 0.4) is 0 Å². The lowest BCUT2D eigenvalue weighted by Crippen LogP contribution is -2.17. The number of rotatable bonds is 10. The third kappa shape index (κ3) is 14.2. The number of nitrogens with zero attached hydrogens (tertiary/aromatic N) is 4. The van der Waals surface area contributed by atoms with Crippen LogP contribution in [0.25, 0.3) is 0 Å². The molecule has 2 heterocycles. The summed E-state index contributed by atoms with van der Waals surface area (Å²) < 4.78 is 0. The van der Waals surface area contributed by atoms with Crippen molar-refractivity contribution in [1.82, 2.24) is 19.8 Å². The maximum atomic E-state index is 6.00. The Kier molecular flexibility index (Phi) is 14.4. The molecule has 0 amide bonds. The Morgan fingerprint density at radius 2 is 0.863 bits per heavy atom. The molecule has 6 rings (SSSR count). The molecular formula is C42H51N9. The van der Waals surface area contributed by atoms with Crippen LogP contribution in [-0.2, 0) is 26.2 Å². The van der Waals surface area contributed by atoms with E-state index in [2.05, 4.69) is 101 Å². The van der Waals surface area contributed by atoms with E-state index >= 15 is 0 Å². The summed E-state index contributed by atoms with van der Waals surface area (Å²) in [6, 6.07) is 44.5. The SMILES string of the molecule is CN(Cc1ccccc1)Cc1cc(N)nc(N)c1.Cc1ccc(N)cc1.Cc1ccc(Nc2cc(CN(C)Cc3ccccc3)cc(N)n2)cc1. The number of nitrogens with two attached hydrogens (primary N) is 4. The molecule has 9 nitrogen and oxygen atoms in total. The van der Waals surface area contributed by atoms with Gasteiger partial charge >= 0.3 is 0 Å². The van der Waals surface area contributed by atoms with Crippen LogP contribution >= 0.6 is 0 Å². The Morgan fingerprint density at radius 1 is 0.471 bits per heavy atom. The highest BCUT2D eigenvalue weighted by Gasteiger charge is 2.07. The molecule has 0 aliphatic rings. The van der Waals surface area contributed by atoms with Crippen LogP contribution in [0.15, 0.2) is 133 Å². The number of nitrogen functional groups attached to an aromatic ring is 4. The molecule has 0 aliphatic heterocycles. The van der Waals surface area contributed by atoms with Gasteiger partial charge < -0.3 is 28.3 Å². The highest BCUT2D eigenvalue weighted by atomic mass is 15.1. The highest BCUT2D eigenvalue weighted by molar-refractivity contribution is 5.59. The van der Waals surface area contributed by atoms with E-state index in [-0.39, 0.29) is 0 Å². The Hall–Kier alpha value is -5.90. The lowest BCUT2D eigenvalue weighted by molar-refractivity contribution is 0.319. The van der Waals surface area contributed by atoms with Crippen LogP contribution in [0.4, 0.5) is 34.6 Å². The first-order chi connectivity index (χ1) is 24.5. The number of nitrogens with one attached hydrogen (secondary N) is 1. The molecule has 264 valence electrons. The molecule has 4 aromatic carbocycles. The number of aromatic nitrogens is 2. The molecule has 0 saturated carbocycles. The Labute approximate surface area is 303 Å². The third-order valence-electron chi connectivity index (χ3n) is 7.73. The summed E-state index contributed by atoms with van der Waals surface area (Å²) in [6.07, 6.45) is 0. The number of pyridine rings is 2. The quantitative estimate of drug-likeness (QED) is 0.0913. The van der Waals surface area contributed by atoms with E-state index in [9.17, 15) is 0 Å². The van der Waals surface area contributed by atoms with Gasteiger partial charge in [0.2, 0.25) is 0 Å². The van der Waals surface area contributed by atoms with Gasteiger partial charge in [-0.1, -0.05) is 96.1 Å². The van der Waals surface area contributed by atoms with Crippen LogP contribution in [-0.4, -0.2) is 33.9 Å². The van der Waals surface area contributed by atoms with Crippen molar-refractivity contribution in [2.24, 2.45) is 0 Å². The molecule has 9 heteroatoms. The molecule has 0 spiro atoms. The fourth-order valence-electron chi connectivity index (χ4n) is 5.37. The highest BCUT2D eigenvalue weighted by Crippen LogP contribution is 2.20. The molecule has 0 aliphatic carbocycles. The minimum Gasteiger partial charge on any atom is -0.399 e. The normalized spacial score (nSPS) is 10.5. The van der Waals surface area contributed by atoms with Crippen LogP contribution in [0.2, 0.25) is 0 Å². The average Bonchev–Trinajstić information content (AvgIpc) is 3.08. The van der Waals surface area contributed by atoms with Gasteiger partial charge in [-0.15, -0.1) is 0 Å². The largest absolute Gasteiger partial charge is 0.399 e. The standard InChI is InChI=1S/C21H24N4.C14H18N4.C7H9N/c1-16-8-10-19(11-9-16)23-21-13-18(12-20(22)24-21)15-25(2)14-17-6-4-3-5-7-17;1-18(9-11-5-3-2-4-6-11)10-12-7-13(15)17-14(16)8-12;1-6-2-4-7(8)5-3-6/h3-13H,14-15H2,1-2H3,(H3,22,23,24);2-8H,9-10H2,1H3,(H4,15,16,17);2-5H,8H2,1H3. The molecule has 0 radical (unpaired) electrons. The van der Waals surface area contributed by atoms with Crippen molar-refractivity contribution in [1.29, 1.82) is 0 Å². The number of anilines is 6. The zero-order chi connectivity index (χ0) is 36.6. The second-order valence-electron chi connectivity index (χ2n) is 12.8. The molecule has 6 aromatic rings. The zero-order valence-electron chi connectivity index (χ0n) is 30.1. The molecule has 0 fully saturated rings. The van der Waals surface area contributed by atoms with E-state index in [1.165, 1.54) is 22.3 Å². The van der Waals surface area contributed by atoms with Crippen molar-refractivity contribution in [3.63, 3.8) is 0 Å². The lowest BCUT2D eigenvalue weighted by Gasteiger charge is -2.18. The Bertz CT molecular complexity index is 1860. The van der Waals surface area contributed by atoms with Crippen LogP contribution in [0, 0.1) is 13.8 Å². The van der Waals surface area contributed by atoms with Crippen molar-refractivity contribution in [3.8, 4) is 0 Å². The Balaban J connectivity index is 0.000000194. The number of hydrogen-bond donors (Lipinski definition) is 5. The maximum absolute atomic E-state index is 6.00. The molecule has 9 N–H and O–H groups in total. The van der Waals surface area contributed by atoms with E-state index in [4.69, 9.17) is 22.9 Å². The second kappa shape index (κ2) is 19.3. The number of hydrogen-bond acceptors (Lipinski definition) is 9. The molecule has 51 heavy (non-hydrogen) atoms. The fourth-order valence-corrected chi connectivity index (χ4v) is 5.37. The minimum atomic E-state index is 0.470. The van der Waals surface area contributed by atoms with Gasteiger partial charge in [0.15, 0.2) is 0 Å². The van der Waals surface area contributed by atoms with Gasteiger partial charge in [0, 0.05) is 37.6 Å². The topological polar surface area (TPSA) is 148 Å². The molecule has 0 unspecified atom stereocenters. The minimum absolute atomic E-state index is 0.470. The molecule has 2 aromatic heterocycles. The van der Waals surface area contributed by atoms with Gasteiger partial charge in [0.05, 0.1) is 0 Å². The predicted octanol–water partition coefficient (Wildman–Crippen LogP) is 7.80. The third-order valence-corrected chi connectivity index (χ3v) is 7.73. The van der Waals surface area contributed by atoms with Crippen LogP contribution in [0.5, 0.6) is 0 Å². The number of aryl methyl sites for hydroxylation is 2. The summed E-state index contributed by atoms with van der Waals surface area (Å²) in [7, 11) is 4.18. The van der Waals surface area contributed by atoms with E-state index in [1.807, 2.05) is 85.8 Å². The van der Waals surface area contributed by atoms with E-state index in [1.54, 1.807) is 0 Å². The summed E-state index contributed by atoms with van der Waals surface area (Å²) in [6.45, 7) is 7.51. The van der Waals surface area contributed by atoms with Gasteiger partial charge in [-0.25, -0.2) is 9.97 Å². The molecule has 0 saturated heterocycles. The van der Waals surface area contributed by atoms with Gasteiger partial charge in [-0.2, -0.15) is 0 Å². The summed E-state index contributed by atoms with van der Waals surface area (Å²) in [5.74, 6) is 2.24. The first kappa shape index (κ1) is 37.9. The predicted molar refractivity (Wildman–Crippen MR) is 215 cm³/mol. The maximum Gasteiger partial charge on any atom is 0.133 e. The smallest absolute Gasteiger partial charge is 0.133 e. The molecular weight excluding hydrogens is 631 g/mol. The van der Waals surface area contributed by atoms with Gasteiger partial charge in [-0.05, 0) is 98.7 Å². The zero-order valence-corrected chi connectivity index (χ0v) is 30.1. The van der Waals surface area contributed by atoms with Crippen molar-refractivity contribution in [2.75, 3.05) is 42.3 Å². The number of benzene rings is 4. The lowest BCUT2D eigenvalue weighted by atomic mass is 10.2. The summed E-state index contributed by atoms with van der Waals surface area (Å²) in [5, 5.41) is 3.33. The summed E-state index contributed by atoms with van der Waals surface area (Å²) in [5.41, 5.74) is 31.9. The first-order valence-corrected chi connectivity index (χ1v) is 16.9. The van der Waals surface area contributed by atoms with Crippen molar-refractivity contribution < 1.29 is 0 Å². The second-order valence-corrected chi connectivity index (χ2v) is 12.8. The van der Waals surface area contributed by atoms with Gasteiger partial charge in [0.1, 0.15) is 23.3 Å². The molecule has 0 atom stereocenters. The average molecular weight is 682 g/mol. The molecule has 0 bridgehead atoms. The van der Waals surface area contributed by atoms with Gasteiger partial charge in [-0.3, -0.25) is 9.80 Å². The van der Waals surface area contributed by atoms with E-state index in [0.29, 0.717) is 17.5 Å². The van der Waals surface area contributed by atoms with Crippen molar-refractivity contribution >= 4 is 34.6 Å². The fraction of sp³-hybridized carbons (Fsp3) is 0.190. The van der Waals surface area contributed by atoms with Crippen molar-refractivity contribution in [3.05, 3.63) is 167 Å². The van der Waals surface area contributed by atoms with Crippen LogP contribution < -0.4 is 28.3 Å². The van der Waals surface area contributed by atoms with Crippen LogP contribution in [0.1, 0.15) is 33.4 Å².